The number of aryl methyl sites for hydroxylation is 1. The van der Waals surface area contributed by atoms with E-state index in [0.717, 1.165) is 17.8 Å². The number of rotatable bonds is 6. The first-order chi connectivity index (χ1) is 12.1. The number of halogens is 1. The van der Waals surface area contributed by atoms with Crippen LogP contribution in [0.15, 0.2) is 53.9 Å². The highest BCUT2D eigenvalue weighted by molar-refractivity contribution is 7.13. The molecule has 25 heavy (non-hydrogen) atoms. The van der Waals surface area contributed by atoms with E-state index in [4.69, 9.17) is 0 Å². The fraction of sp³-hybridized carbons (Fsp3) is 0.158. The third kappa shape index (κ3) is 4.87. The van der Waals surface area contributed by atoms with E-state index in [9.17, 15) is 9.18 Å². The van der Waals surface area contributed by atoms with Gasteiger partial charge in [0.25, 0.3) is 0 Å². The molecule has 0 bridgehead atoms. The second kappa shape index (κ2) is 7.90. The lowest BCUT2D eigenvalue weighted by Crippen LogP contribution is -2.14. The normalized spacial score (nSPS) is 10.5. The van der Waals surface area contributed by atoms with Crippen molar-refractivity contribution in [1.29, 1.82) is 0 Å². The molecule has 0 radical (unpaired) electrons. The Balaban J connectivity index is 1.56. The number of thiazole rings is 1. The van der Waals surface area contributed by atoms with E-state index in [1.165, 1.54) is 29.0 Å². The third-order valence-electron chi connectivity index (χ3n) is 3.63. The third-order valence-corrected chi connectivity index (χ3v) is 4.44. The summed E-state index contributed by atoms with van der Waals surface area (Å²) in [5, 5.41) is 8.47. The largest absolute Gasteiger partial charge is 0.332 e. The SMILES string of the molecule is CCc1ccc(NC(=O)Cc2csc(Nc3ccc(F)cc3)n2)cc1. The van der Waals surface area contributed by atoms with E-state index in [1.54, 1.807) is 12.1 Å². The lowest BCUT2D eigenvalue weighted by atomic mass is 10.1. The minimum Gasteiger partial charge on any atom is -0.332 e. The van der Waals surface area contributed by atoms with E-state index >= 15 is 0 Å². The van der Waals surface area contributed by atoms with Gasteiger partial charge in [0, 0.05) is 16.8 Å². The first kappa shape index (κ1) is 17.1. The number of carbonyl (C=O) groups is 1. The fourth-order valence-electron chi connectivity index (χ4n) is 2.30. The fourth-order valence-corrected chi connectivity index (χ4v) is 3.03. The topological polar surface area (TPSA) is 54.0 Å². The molecule has 0 unspecified atom stereocenters. The summed E-state index contributed by atoms with van der Waals surface area (Å²) in [6.45, 7) is 2.09. The van der Waals surface area contributed by atoms with Gasteiger partial charge >= 0.3 is 0 Å². The molecular weight excluding hydrogens is 337 g/mol. The number of hydrogen-bond donors (Lipinski definition) is 2. The van der Waals surface area contributed by atoms with Crippen LogP contribution in [0.3, 0.4) is 0 Å². The second-order valence-corrected chi connectivity index (χ2v) is 6.41. The highest BCUT2D eigenvalue weighted by Crippen LogP contribution is 2.21. The Morgan fingerprint density at radius 1 is 1.08 bits per heavy atom. The predicted octanol–water partition coefficient (Wildman–Crippen LogP) is 4.77. The number of amides is 1. The first-order valence-electron chi connectivity index (χ1n) is 7.98. The van der Waals surface area contributed by atoms with Gasteiger partial charge in [0.2, 0.25) is 5.91 Å². The van der Waals surface area contributed by atoms with Crippen molar-refractivity contribution in [3.63, 3.8) is 0 Å². The second-order valence-electron chi connectivity index (χ2n) is 5.55. The summed E-state index contributed by atoms with van der Waals surface area (Å²) in [4.78, 5) is 16.5. The number of benzene rings is 2. The summed E-state index contributed by atoms with van der Waals surface area (Å²) in [7, 11) is 0. The summed E-state index contributed by atoms with van der Waals surface area (Å²) in [6.07, 6.45) is 1.17. The minimum absolute atomic E-state index is 0.108. The van der Waals surface area contributed by atoms with Gasteiger partial charge in [-0.15, -0.1) is 11.3 Å². The molecular formula is C19H18FN3OS. The van der Waals surface area contributed by atoms with E-state index in [-0.39, 0.29) is 18.1 Å². The van der Waals surface area contributed by atoms with Gasteiger partial charge < -0.3 is 10.6 Å². The van der Waals surface area contributed by atoms with Gasteiger partial charge in [0.05, 0.1) is 12.1 Å². The van der Waals surface area contributed by atoms with Gasteiger partial charge in [-0.05, 0) is 48.4 Å². The summed E-state index contributed by atoms with van der Waals surface area (Å²) < 4.78 is 12.9. The summed E-state index contributed by atoms with van der Waals surface area (Å²) in [5.74, 6) is -0.392. The van der Waals surface area contributed by atoms with Gasteiger partial charge in [-0.3, -0.25) is 4.79 Å². The average Bonchev–Trinajstić information content (AvgIpc) is 3.04. The molecule has 0 atom stereocenters. The van der Waals surface area contributed by atoms with Crippen molar-refractivity contribution in [2.45, 2.75) is 19.8 Å². The van der Waals surface area contributed by atoms with Crippen molar-refractivity contribution in [1.82, 2.24) is 4.98 Å². The van der Waals surface area contributed by atoms with Gasteiger partial charge in [-0.25, -0.2) is 9.37 Å². The molecule has 2 aromatic carbocycles. The molecule has 0 aliphatic rings. The zero-order chi connectivity index (χ0) is 17.6. The van der Waals surface area contributed by atoms with Crippen molar-refractivity contribution in [2.75, 3.05) is 10.6 Å². The van der Waals surface area contributed by atoms with Crippen LogP contribution in [0.25, 0.3) is 0 Å². The highest BCUT2D eigenvalue weighted by atomic mass is 32.1. The van der Waals surface area contributed by atoms with Crippen LogP contribution in [0, 0.1) is 5.82 Å². The van der Waals surface area contributed by atoms with Gasteiger partial charge in [-0.1, -0.05) is 19.1 Å². The Labute approximate surface area is 149 Å². The molecule has 0 fully saturated rings. The maximum atomic E-state index is 12.9. The first-order valence-corrected chi connectivity index (χ1v) is 8.86. The Kier molecular flexibility index (Phi) is 5.40. The minimum atomic E-state index is -0.283. The maximum Gasteiger partial charge on any atom is 0.230 e. The van der Waals surface area contributed by atoms with E-state index < -0.39 is 0 Å². The van der Waals surface area contributed by atoms with Crippen LogP contribution in [-0.2, 0) is 17.6 Å². The van der Waals surface area contributed by atoms with Crippen molar-refractivity contribution in [3.05, 3.63) is 71.0 Å². The highest BCUT2D eigenvalue weighted by Gasteiger charge is 2.08. The molecule has 0 saturated carbocycles. The number of nitrogens with zero attached hydrogens (tertiary/aromatic N) is 1. The average molecular weight is 355 g/mol. The molecule has 6 heteroatoms. The molecule has 2 N–H and O–H groups in total. The van der Waals surface area contributed by atoms with Gasteiger partial charge in [0.1, 0.15) is 5.82 Å². The van der Waals surface area contributed by atoms with Gasteiger partial charge in [0.15, 0.2) is 5.13 Å². The monoisotopic (exact) mass is 355 g/mol. The van der Waals surface area contributed by atoms with Crippen LogP contribution in [0.4, 0.5) is 20.9 Å². The molecule has 1 amide bonds. The number of aromatic nitrogens is 1. The summed E-state index contributed by atoms with van der Waals surface area (Å²) >= 11 is 1.41. The quantitative estimate of drug-likeness (QED) is 0.670. The Bertz CT molecular complexity index is 844. The number of carbonyl (C=O) groups excluding carboxylic acids is 1. The molecule has 128 valence electrons. The Hall–Kier alpha value is -2.73. The van der Waals surface area contributed by atoms with Crippen molar-refractivity contribution in [2.24, 2.45) is 0 Å². The molecule has 3 aromatic rings. The van der Waals surface area contributed by atoms with Crippen LogP contribution in [0.1, 0.15) is 18.2 Å². The molecule has 1 aromatic heterocycles. The number of hydrogen-bond acceptors (Lipinski definition) is 4. The molecule has 0 saturated heterocycles. The molecule has 4 nitrogen and oxygen atoms in total. The van der Waals surface area contributed by atoms with Crippen molar-refractivity contribution in [3.8, 4) is 0 Å². The van der Waals surface area contributed by atoms with E-state index in [1.807, 2.05) is 29.6 Å². The van der Waals surface area contributed by atoms with E-state index in [2.05, 4.69) is 22.5 Å². The molecule has 0 aliphatic carbocycles. The van der Waals surface area contributed by atoms with Crippen molar-refractivity contribution >= 4 is 33.8 Å². The van der Waals surface area contributed by atoms with Crippen LogP contribution < -0.4 is 10.6 Å². The number of nitrogens with one attached hydrogen (secondary N) is 2. The van der Waals surface area contributed by atoms with Crippen LogP contribution >= 0.6 is 11.3 Å². The maximum absolute atomic E-state index is 12.9. The summed E-state index contributed by atoms with van der Waals surface area (Å²) in [6, 6.07) is 13.9. The smallest absolute Gasteiger partial charge is 0.230 e. The predicted molar refractivity (Wildman–Crippen MR) is 100.0 cm³/mol. The number of anilines is 3. The zero-order valence-electron chi connectivity index (χ0n) is 13.8. The van der Waals surface area contributed by atoms with E-state index in [0.29, 0.717) is 10.8 Å². The van der Waals surface area contributed by atoms with Crippen LogP contribution in [0.5, 0.6) is 0 Å². The molecule has 3 rings (SSSR count). The Morgan fingerprint density at radius 2 is 1.76 bits per heavy atom. The lowest BCUT2D eigenvalue weighted by Gasteiger charge is -2.05. The van der Waals surface area contributed by atoms with Crippen molar-refractivity contribution < 1.29 is 9.18 Å². The standard InChI is InChI=1S/C19H18FN3OS/c1-2-13-3-7-15(8-4-13)21-18(24)11-17-12-25-19(23-17)22-16-9-5-14(20)6-10-16/h3-10,12H,2,11H2,1H3,(H,21,24)(H,22,23). The molecule has 0 spiro atoms. The van der Waals surface area contributed by atoms with Crippen LogP contribution in [-0.4, -0.2) is 10.9 Å². The molecule has 0 aliphatic heterocycles. The molecule has 1 heterocycles. The zero-order valence-corrected chi connectivity index (χ0v) is 14.6. The Morgan fingerprint density at radius 3 is 2.44 bits per heavy atom. The summed E-state index contributed by atoms with van der Waals surface area (Å²) in [5.41, 5.74) is 3.45. The van der Waals surface area contributed by atoms with Gasteiger partial charge in [-0.2, -0.15) is 0 Å². The lowest BCUT2D eigenvalue weighted by molar-refractivity contribution is -0.115. The van der Waals surface area contributed by atoms with Crippen LogP contribution in [0.2, 0.25) is 0 Å².